The number of carbonyl (C=O) groups is 4. The number of nitro benzene ring substituents is 2. The standard InChI is InChI=1S/C31H25N5O8/c37-28-22-8-3-6-18-14-20(35(41)42)16-24(26(18)22)30(39)33(28)12-2-1-10-32-11-5-13-34-29(38)23-9-4-7-19-15-21(36(43)44)17-25(27(19)23)31(34)40/h3-4,6-9,14-17,32H,1-2,5,10-13H2. The summed E-state index contributed by atoms with van der Waals surface area (Å²) in [5.41, 5.74) is 0.498. The fourth-order valence-electron chi connectivity index (χ4n) is 5.91. The maximum Gasteiger partial charge on any atom is 0.270 e. The predicted molar refractivity (Wildman–Crippen MR) is 159 cm³/mol. The van der Waals surface area contributed by atoms with Gasteiger partial charge in [-0.05, 0) is 55.3 Å². The molecule has 4 aromatic rings. The van der Waals surface area contributed by atoms with Crippen LogP contribution in [0.5, 0.6) is 0 Å². The monoisotopic (exact) mass is 595 g/mol. The first-order valence-corrected chi connectivity index (χ1v) is 14.0. The lowest BCUT2D eigenvalue weighted by molar-refractivity contribution is -0.384. The smallest absolute Gasteiger partial charge is 0.270 e. The third-order valence-electron chi connectivity index (χ3n) is 7.97. The minimum absolute atomic E-state index is 0.122. The summed E-state index contributed by atoms with van der Waals surface area (Å²) < 4.78 is 0. The zero-order chi connectivity index (χ0) is 31.1. The van der Waals surface area contributed by atoms with Gasteiger partial charge in [-0.3, -0.25) is 49.2 Å². The van der Waals surface area contributed by atoms with Gasteiger partial charge in [0.1, 0.15) is 0 Å². The molecule has 0 atom stereocenters. The SMILES string of the molecule is O=C1c2cccc3cc([N+](=O)[O-])cc(c23)C(=O)N1CCCCNCCCN1C(=O)c2cccc3cc([N+](=O)[O-])cc(c23)C1=O. The van der Waals surface area contributed by atoms with Gasteiger partial charge in [0.25, 0.3) is 35.0 Å². The molecule has 4 aromatic carbocycles. The van der Waals surface area contributed by atoms with Gasteiger partial charge >= 0.3 is 0 Å². The highest BCUT2D eigenvalue weighted by atomic mass is 16.6. The maximum absolute atomic E-state index is 13.2. The Kier molecular flexibility index (Phi) is 7.31. The number of imide groups is 2. The Balaban J connectivity index is 1.01. The molecule has 2 aliphatic heterocycles. The van der Waals surface area contributed by atoms with Gasteiger partial charge in [-0.1, -0.05) is 24.3 Å². The number of hydrogen-bond donors (Lipinski definition) is 1. The molecule has 2 aliphatic rings. The fraction of sp³-hybridized carbons (Fsp3) is 0.226. The highest BCUT2D eigenvalue weighted by molar-refractivity contribution is 6.26. The predicted octanol–water partition coefficient (Wildman–Crippen LogP) is 4.46. The average molecular weight is 596 g/mol. The summed E-state index contributed by atoms with van der Waals surface area (Å²) in [4.78, 5) is 76.4. The van der Waals surface area contributed by atoms with E-state index in [1.807, 2.05) is 0 Å². The number of rotatable bonds is 11. The Bertz CT molecular complexity index is 1800. The molecular weight excluding hydrogens is 570 g/mol. The summed E-state index contributed by atoms with van der Waals surface area (Å²) in [6, 6.07) is 14.9. The van der Waals surface area contributed by atoms with Gasteiger partial charge in [0.05, 0.1) is 21.0 Å². The number of nitrogens with zero attached hydrogens (tertiary/aromatic N) is 4. The van der Waals surface area contributed by atoms with Crippen LogP contribution in [0.15, 0.2) is 60.7 Å². The molecule has 6 rings (SSSR count). The van der Waals surface area contributed by atoms with Crippen LogP contribution in [-0.4, -0.2) is 69.5 Å². The van der Waals surface area contributed by atoms with Crippen molar-refractivity contribution in [1.82, 2.24) is 15.1 Å². The summed E-state index contributed by atoms with van der Waals surface area (Å²) in [6.07, 6.45) is 1.55. The normalized spacial score (nSPS) is 14.2. The van der Waals surface area contributed by atoms with Crippen molar-refractivity contribution in [2.24, 2.45) is 0 Å². The molecule has 0 saturated carbocycles. The quantitative estimate of drug-likeness (QED) is 0.114. The van der Waals surface area contributed by atoms with Gasteiger partial charge in [0.15, 0.2) is 0 Å². The first kappa shape index (κ1) is 28.6. The van der Waals surface area contributed by atoms with Crippen LogP contribution in [-0.2, 0) is 0 Å². The Morgan fingerprint density at radius 2 is 1.00 bits per heavy atom. The first-order valence-electron chi connectivity index (χ1n) is 14.0. The van der Waals surface area contributed by atoms with Crippen LogP contribution < -0.4 is 5.32 Å². The third-order valence-corrected chi connectivity index (χ3v) is 7.97. The van der Waals surface area contributed by atoms with E-state index < -0.39 is 33.5 Å². The molecule has 13 nitrogen and oxygen atoms in total. The minimum Gasteiger partial charge on any atom is -0.317 e. The van der Waals surface area contributed by atoms with Crippen molar-refractivity contribution < 1.29 is 29.0 Å². The lowest BCUT2D eigenvalue weighted by atomic mass is 9.93. The molecule has 0 fully saturated rings. The molecule has 0 bridgehead atoms. The second-order valence-electron chi connectivity index (χ2n) is 10.6. The number of unbranched alkanes of at least 4 members (excludes halogenated alkanes) is 1. The van der Waals surface area contributed by atoms with Crippen LogP contribution in [0.1, 0.15) is 60.7 Å². The summed E-state index contributed by atoms with van der Waals surface area (Å²) >= 11 is 0. The van der Waals surface area contributed by atoms with Crippen LogP contribution in [0.4, 0.5) is 11.4 Å². The molecule has 44 heavy (non-hydrogen) atoms. The lowest BCUT2D eigenvalue weighted by Crippen LogP contribution is -2.41. The Hall–Kier alpha value is -5.56. The van der Waals surface area contributed by atoms with E-state index in [0.29, 0.717) is 65.0 Å². The van der Waals surface area contributed by atoms with Crippen molar-refractivity contribution in [1.29, 1.82) is 0 Å². The van der Waals surface area contributed by atoms with Gasteiger partial charge in [0.2, 0.25) is 0 Å². The molecule has 1 N–H and O–H groups in total. The number of hydrogen-bond acceptors (Lipinski definition) is 9. The van der Waals surface area contributed by atoms with E-state index in [2.05, 4.69) is 5.32 Å². The van der Waals surface area contributed by atoms with E-state index in [0.717, 1.165) is 9.80 Å². The highest BCUT2D eigenvalue weighted by Crippen LogP contribution is 2.35. The Labute approximate surface area is 249 Å². The van der Waals surface area contributed by atoms with Crippen LogP contribution >= 0.6 is 0 Å². The van der Waals surface area contributed by atoms with Gasteiger partial charge in [-0.2, -0.15) is 0 Å². The molecule has 13 heteroatoms. The Morgan fingerprint density at radius 3 is 1.48 bits per heavy atom. The molecule has 0 unspecified atom stereocenters. The highest BCUT2D eigenvalue weighted by Gasteiger charge is 2.35. The van der Waals surface area contributed by atoms with Crippen molar-refractivity contribution in [2.75, 3.05) is 26.2 Å². The van der Waals surface area contributed by atoms with Gasteiger partial charge in [-0.15, -0.1) is 0 Å². The molecule has 222 valence electrons. The second-order valence-corrected chi connectivity index (χ2v) is 10.6. The van der Waals surface area contributed by atoms with Crippen LogP contribution in [0.3, 0.4) is 0 Å². The van der Waals surface area contributed by atoms with Crippen molar-refractivity contribution in [3.05, 3.63) is 103 Å². The number of non-ortho nitro benzene ring substituents is 2. The molecule has 0 spiro atoms. The maximum atomic E-state index is 13.2. The summed E-state index contributed by atoms with van der Waals surface area (Å²) in [6.45, 7) is 1.29. The van der Waals surface area contributed by atoms with Gasteiger partial charge in [0, 0.05) is 59.3 Å². The summed E-state index contributed by atoms with van der Waals surface area (Å²) in [7, 11) is 0. The van der Waals surface area contributed by atoms with Crippen molar-refractivity contribution in [2.45, 2.75) is 19.3 Å². The molecule has 0 aliphatic carbocycles. The van der Waals surface area contributed by atoms with E-state index in [1.165, 1.54) is 24.3 Å². The molecule has 0 radical (unpaired) electrons. The fourth-order valence-corrected chi connectivity index (χ4v) is 5.91. The van der Waals surface area contributed by atoms with E-state index in [1.54, 1.807) is 36.4 Å². The first-order chi connectivity index (χ1) is 21.2. The lowest BCUT2D eigenvalue weighted by Gasteiger charge is -2.27. The van der Waals surface area contributed by atoms with Crippen molar-refractivity contribution >= 4 is 56.5 Å². The third kappa shape index (κ3) is 4.82. The average Bonchev–Trinajstić information content (AvgIpc) is 3.01. The topological polar surface area (TPSA) is 173 Å². The molecular formula is C31H25N5O8. The van der Waals surface area contributed by atoms with E-state index in [-0.39, 0.29) is 35.6 Å². The van der Waals surface area contributed by atoms with Gasteiger partial charge < -0.3 is 5.32 Å². The molecule has 2 heterocycles. The zero-order valence-corrected chi connectivity index (χ0v) is 23.3. The largest absolute Gasteiger partial charge is 0.317 e. The molecule has 0 aromatic heterocycles. The van der Waals surface area contributed by atoms with E-state index >= 15 is 0 Å². The second kappa shape index (κ2) is 11.3. The number of nitrogens with one attached hydrogen (secondary N) is 1. The van der Waals surface area contributed by atoms with Crippen molar-refractivity contribution in [3.8, 4) is 0 Å². The molecule has 4 amide bonds. The number of carbonyl (C=O) groups excluding carboxylic acids is 4. The van der Waals surface area contributed by atoms with Crippen LogP contribution in [0.25, 0.3) is 21.5 Å². The van der Waals surface area contributed by atoms with Gasteiger partial charge in [-0.25, -0.2) is 0 Å². The summed E-state index contributed by atoms with van der Waals surface area (Å²) in [5.74, 6) is -2.01. The van der Waals surface area contributed by atoms with Crippen molar-refractivity contribution in [3.63, 3.8) is 0 Å². The number of nitro groups is 2. The van der Waals surface area contributed by atoms with Crippen LogP contribution in [0, 0.1) is 20.2 Å². The number of benzene rings is 4. The molecule has 0 saturated heterocycles. The number of amides is 4. The van der Waals surface area contributed by atoms with E-state index in [4.69, 9.17) is 0 Å². The van der Waals surface area contributed by atoms with E-state index in [9.17, 15) is 39.4 Å². The zero-order valence-electron chi connectivity index (χ0n) is 23.3. The minimum atomic E-state index is -0.569. The summed E-state index contributed by atoms with van der Waals surface area (Å²) in [5, 5.41) is 27.8. The Morgan fingerprint density at radius 1 is 0.568 bits per heavy atom. The van der Waals surface area contributed by atoms with Crippen LogP contribution in [0.2, 0.25) is 0 Å².